The molecule has 0 atom stereocenters. The fourth-order valence-corrected chi connectivity index (χ4v) is 2.45. The van der Waals surface area contributed by atoms with E-state index in [1.807, 2.05) is 26.1 Å². The van der Waals surface area contributed by atoms with Crippen molar-refractivity contribution in [3.8, 4) is 22.8 Å². The Morgan fingerprint density at radius 3 is 2.61 bits per heavy atom. The van der Waals surface area contributed by atoms with E-state index in [0.717, 1.165) is 32.9 Å². The lowest BCUT2D eigenvalue weighted by molar-refractivity contribution is 0.174. The Hall–Kier alpha value is -1.69. The summed E-state index contributed by atoms with van der Waals surface area (Å²) in [5.41, 5.74) is 8.67. The van der Waals surface area contributed by atoms with Crippen LogP contribution in [0.4, 0.5) is 5.95 Å². The predicted octanol–water partition coefficient (Wildman–Crippen LogP) is 2.47. The lowest BCUT2D eigenvalue weighted by atomic mass is 10.1. The normalized spacial score (nSPS) is 13.1. The largest absolute Gasteiger partial charge is 0.454 e. The number of nitrogens with two attached hydrogens (primary N) is 1. The van der Waals surface area contributed by atoms with E-state index in [1.165, 1.54) is 0 Å². The molecule has 0 radical (unpaired) electrons. The van der Waals surface area contributed by atoms with E-state index in [-0.39, 0.29) is 6.79 Å². The monoisotopic (exact) mass is 309 g/mol. The van der Waals surface area contributed by atoms with Gasteiger partial charge >= 0.3 is 0 Å². The van der Waals surface area contributed by atoms with Gasteiger partial charge in [-0.15, -0.1) is 0 Å². The molecule has 2 aromatic rings. The van der Waals surface area contributed by atoms with Crippen LogP contribution >= 0.6 is 15.9 Å². The summed E-state index contributed by atoms with van der Waals surface area (Å²) in [6, 6.07) is 3.89. The van der Waals surface area contributed by atoms with Crippen LogP contribution in [0.1, 0.15) is 5.56 Å². The number of nitrogens with zero attached hydrogens (tertiary/aromatic N) is 2. The Kier molecular flexibility index (Phi) is 2.48. The average Bonchev–Trinajstić information content (AvgIpc) is 2.88. The van der Waals surface area contributed by atoms with Gasteiger partial charge in [0.2, 0.25) is 12.7 Å². The Morgan fingerprint density at radius 2 is 2.00 bits per heavy atom. The molecule has 1 aliphatic heterocycles. The van der Waals surface area contributed by atoms with Crippen LogP contribution in [0.15, 0.2) is 16.7 Å². The number of imidazole rings is 1. The quantitative estimate of drug-likeness (QED) is 0.879. The standard InChI is InChI=1S/C12H12BrN3O2/c1-6-3-8-9(18-5-17-8)4-7(6)10-11(13)16(2)12(14)15-10/h3-4H,5H2,1-2H3,(H2,14,15). The molecule has 1 aromatic heterocycles. The maximum atomic E-state index is 5.81. The van der Waals surface area contributed by atoms with Crippen LogP contribution in [0, 0.1) is 6.92 Å². The molecule has 1 aliphatic rings. The third-order valence-electron chi connectivity index (χ3n) is 3.03. The molecule has 2 heterocycles. The van der Waals surface area contributed by atoms with E-state index in [4.69, 9.17) is 15.2 Å². The summed E-state index contributed by atoms with van der Waals surface area (Å²) in [4.78, 5) is 4.36. The number of anilines is 1. The van der Waals surface area contributed by atoms with Crippen molar-refractivity contribution < 1.29 is 9.47 Å². The van der Waals surface area contributed by atoms with E-state index in [2.05, 4.69) is 20.9 Å². The summed E-state index contributed by atoms with van der Waals surface area (Å²) in [6.07, 6.45) is 0. The van der Waals surface area contributed by atoms with E-state index < -0.39 is 0 Å². The molecule has 1 aromatic carbocycles. The topological polar surface area (TPSA) is 62.3 Å². The highest BCUT2D eigenvalue weighted by Gasteiger charge is 2.20. The molecule has 94 valence electrons. The Balaban J connectivity index is 2.20. The van der Waals surface area contributed by atoms with E-state index in [9.17, 15) is 0 Å². The van der Waals surface area contributed by atoms with Crippen molar-refractivity contribution in [2.75, 3.05) is 12.5 Å². The summed E-state index contributed by atoms with van der Waals surface area (Å²) in [7, 11) is 1.86. The van der Waals surface area contributed by atoms with Crippen LogP contribution < -0.4 is 15.2 Å². The second-order valence-corrected chi connectivity index (χ2v) is 4.94. The van der Waals surface area contributed by atoms with E-state index >= 15 is 0 Å². The van der Waals surface area contributed by atoms with Gasteiger partial charge in [0.15, 0.2) is 11.5 Å². The molecule has 0 unspecified atom stereocenters. The first-order valence-electron chi connectivity index (χ1n) is 5.46. The summed E-state index contributed by atoms with van der Waals surface area (Å²) in [5, 5.41) is 0. The number of benzene rings is 1. The van der Waals surface area contributed by atoms with Gasteiger partial charge in [0, 0.05) is 12.6 Å². The zero-order valence-corrected chi connectivity index (χ0v) is 11.6. The number of aryl methyl sites for hydroxylation is 1. The lowest BCUT2D eigenvalue weighted by Crippen LogP contribution is -1.96. The van der Waals surface area contributed by atoms with Gasteiger partial charge in [0.25, 0.3) is 0 Å². The van der Waals surface area contributed by atoms with Gasteiger partial charge in [-0.2, -0.15) is 0 Å². The van der Waals surface area contributed by atoms with Crippen molar-refractivity contribution in [1.82, 2.24) is 9.55 Å². The third kappa shape index (κ3) is 1.56. The first kappa shape index (κ1) is 11.4. The minimum Gasteiger partial charge on any atom is -0.454 e. The zero-order chi connectivity index (χ0) is 12.9. The van der Waals surface area contributed by atoms with Crippen LogP contribution in [-0.4, -0.2) is 16.3 Å². The minimum atomic E-state index is 0.268. The molecule has 3 rings (SSSR count). The first-order chi connectivity index (χ1) is 8.58. The van der Waals surface area contributed by atoms with Crippen LogP contribution in [0.2, 0.25) is 0 Å². The van der Waals surface area contributed by atoms with Gasteiger partial charge in [-0.05, 0) is 40.5 Å². The van der Waals surface area contributed by atoms with Gasteiger partial charge in [-0.1, -0.05) is 0 Å². The zero-order valence-electron chi connectivity index (χ0n) is 10.0. The van der Waals surface area contributed by atoms with E-state index in [0.29, 0.717) is 5.95 Å². The van der Waals surface area contributed by atoms with Gasteiger partial charge in [0.1, 0.15) is 10.3 Å². The van der Waals surface area contributed by atoms with Crippen LogP contribution in [0.5, 0.6) is 11.5 Å². The molecular formula is C12H12BrN3O2. The fourth-order valence-electron chi connectivity index (χ4n) is 1.97. The van der Waals surface area contributed by atoms with Gasteiger partial charge < -0.3 is 19.8 Å². The highest BCUT2D eigenvalue weighted by Crippen LogP contribution is 2.40. The van der Waals surface area contributed by atoms with Gasteiger partial charge in [-0.3, -0.25) is 0 Å². The number of hydrogen-bond acceptors (Lipinski definition) is 4. The van der Waals surface area contributed by atoms with Crippen molar-refractivity contribution in [3.05, 3.63) is 22.3 Å². The Labute approximate surface area is 113 Å². The minimum absolute atomic E-state index is 0.268. The number of aromatic nitrogens is 2. The molecule has 0 fully saturated rings. The number of nitrogen functional groups attached to an aromatic ring is 1. The molecule has 0 spiro atoms. The number of fused-ring (bicyclic) bond motifs is 1. The first-order valence-corrected chi connectivity index (χ1v) is 6.25. The molecule has 0 amide bonds. The number of hydrogen-bond donors (Lipinski definition) is 1. The van der Waals surface area contributed by atoms with Crippen molar-refractivity contribution in [2.24, 2.45) is 7.05 Å². The second kappa shape index (κ2) is 3.91. The molecule has 5 nitrogen and oxygen atoms in total. The summed E-state index contributed by atoms with van der Waals surface area (Å²) >= 11 is 3.50. The maximum Gasteiger partial charge on any atom is 0.231 e. The fraction of sp³-hybridized carbons (Fsp3) is 0.250. The van der Waals surface area contributed by atoms with E-state index in [1.54, 1.807) is 4.57 Å². The van der Waals surface area contributed by atoms with Gasteiger partial charge in [0.05, 0.1) is 0 Å². The number of halogens is 1. The molecule has 0 bridgehead atoms. The van der Waals surface area contributed by atoms with Crippen molar-refractivity contribution in [1.29, 1.82) is 0 Å². The van der Waals surface area contributed by atoms with Gasteiger partial charge in [-0.25, -0.2) is 4.98 Å². The maximum absolute atomic E-state index is 5.81. The van der Waals surface area contributed by atoms with Crippen LogP contribution in [0.3, 0.4) is 0 Å². The summed E-state index contributed by atoms with van der Waals surface area (Å²) < 4.78 is 13.4. The van der Waals surface area contributed by atoms with Crippen molar-refractivity contribution in [3.63, 3.8) is 0 Å². The third-order valence-corrected chi connectivity index (χ3v) is 3.94. The molecule has 0 saturated carbocycles. The molecular weight excluding hydrogens is 298 g/mol. The summed E-state index contributed by atoms with van der Waals surface area (Å²) in [5.74, 6) is 1.98. The molecule has 0 aliphatic carbocycles. The van der Waals surface area contributed by atoms with Crippen LogP contribution in [0.25, 0.3) is 11.3 Å². The molecule has 2 N–H and O–H groups in total. The smallest absolute Gasteiger partial charge is 0.231 e. The number of rotatable bonds is 1. The summed E-state index contributed by atoms with van der Waals surface area (Å²) in [6.45, 7) is 2.28. The van der Waals surface area contributed by atoms with Crippen LogP contribution in [-0.2, 0) is 7.05 Å². The molecule has 0 saturated heterocycles. The highest BCUT2D eigenvalue weighted by molar-refractivity contribution is 9.10. The molecule has 6 heteroatoms. The second-order valence-electron chi connectivity index (χ2n) is 4.19. The van der Waals surface area contributed by atoms with Crippen molar-refractivity contribution >= 4 is 21.9 Å². The SMILES string of the molecule is Cc1cc2c(cc1-c1nc(N)n(C)c1Br)OCO2. The van der Waals surface area contributed by atoms with Crippen molar-refractivity contribution in [2.45, 2.75) is 6.92 Å². The number of ether oxygens (including phenoxy) is 2. The Morgan fingerprint density at radius 1 is 1.33 bits per heavy atom. The lowest BCUT2D eigenvalue weighted by Gasteiger charge is -2.06. The highest BCUT2D eigenvalue weighted by atomic mass is 79.9. The predicted molar refractivity (Wildman–Crippen MR) is 71.6 cm³/mol. The Bertz CT molecular complexity index is 637. The molecule has 18 heavy (non-hydrogen) atoms. The average molecular weight is 310 g/mol.